The van der Waals surface area contributed by atoms with E-state index in [2.05, 4.69) is 32.0 Å². The number of anilines is 1. The summed E-state index contributed by atoms with van der Waals surface area (Å²) in [5.74, 6) is 0. The normalized spacial score (nSPS) is 10.6. The highest BCUT2D eigenvalue weighted by molar-refractivity contribution is 5.95. The summed E-state index contributed by atoms with van der Waals surface area (Å²) in [5.41, 5.74) is 9.32. The quantitative estimate of drug-likeness (QED) is 0.606. The minimum atomic E-state index is 0.870. The second kappa shape index (κ2) is 2.77. The molecule has 66 valence electrons. The summed E-state index contributed by atoms with van der Waals surface area (Å²) in [5, 5.41) is 2.42. The van der Waals surface area contributed by atoms with Crippen molar-refractivity contribution in [1.82, 2.24) is 0 Å². The number of fused-ring (bicyclic) bond motifs is 1. The van der Waals surface area contributed by atoms with E-state index in [-0.39, 0.29) is 0 Å². The van der Waals surface area contributed by atoms with Gasteiger partial charge < -0.3 is 5.73 Å². The highest BCUT2D eigenvalue weighted by Gasteiger charge is 2.00. The van der Waals surface area contributed by atoms with Crippen LogP contribution in [0.4, 0.5) is 5.69 Å². The molecule has 0 atom stereocenters. The van der Waals surface area contributed by atoms with E-state index >= 15 is 0 Å². The lowest BCUT2D eigenvalue weighted by Crippen LogP contribution is -1.89. The SMILES string of the molecule is Cc1cc(C)c2c(N)cccc2c1. The maximum absolute atomic E-state index is 5.91. The third-order valence-electron chi connectivity index (χ3n) is 2.35. The smallest absolute Gasteiger partial charge is 0.0396 e. The van der Waals surface area contributed by atoms with E-state index in [1.807, 2.05) is 12.1 Å². The predicted molar refractivity (Wildman–Crippen MR) is 57.8 cm³/mol. The van der Waals surface area contributed by atoms with Crippen LogP contribution in [-0.4, -0.2) is 0 Å². The second-order valence-electron chi connectivity index (χ2n) is 3.53. The fraction of sp³-hybridized carbons (Fsp3) is 0.167. The summed E-state index contributed by atoms with van der Waals surface area (Å²) in [4.78, 5) is 0. The molecule has 0 radical (unpaired) electrons. The van der Waals surface area contributed by atoms with Crippen molar-refractivity contribution < 1.29 is 0 Å². The minimum absolute atomic E-state index is 0.870. The average molecular weight is 171 g/mol. The number of rotatable bonds is 0. The fourth-order valence-electron chi connectivity index (χ4n) is 1.87. The standard InChI is InChI=1S/C12H13N/c1-8-6-9(2)12-10(7-8)4-3-5-11(12)13/h3-7H,13H2,1-2H3. The lowest BCUT2D eigenvalue weighted by molar-refractivity contribution is 1.43. The minimum Gasteiger partial charge on any atom is -0.398 e. The van der Waals surface area contributed by atoms with Crippen molar-refractivity contribution in [3.05, 3.63) is 41.5 Å². The second-order valence-corrected chi connectivity index (χ2v) is 3.53. The van der Waals surface area contributed by atoms with E-state index in [1.54, 1.807) is 0 Å². The first-order chi connectivity index (χ1) is 6.18. The third-order valence-corrected chi connectivity index (χ3v) is 2.35. The maximum Gasteiger partial charge on any atom is 0.0396 e. The van der Waals surface area contributed by atoms with Gasteiger partial charge in [-0.1, -0.05) is 29.8 Å². The number of hydrogen-bond donors (Lipinski definition) is 1. The van der Waals surface area contributed by atoms with Gasteiger partial charge in [0.25, 0.3) is 0 Å². The summed E-state index contributed by atoms with van der Waals surface area (Å²) in [6.45, 7) is 4.21. The molecule has 13 heavy (non-hydrogen) atoms. The Kier molecular flexibility index (Phi) is 1.73. The van der Waals surface area contributed by atoms with E-state index in [1.165, 1.54) is 21.9 Å². The van der Waals surface area contributed by atoms with Gasteiger partial charge in [0, 0.05) is 11.1 Å². The number of hydrogen-bond acceptors (Lipinski definition) is 1. The van der Waals surface area contributed by atoms with E-state index in [9.17, 15) is 0 Å². The van der Waals surface area contributed by atoms with Crippen molar-refractivity contribution in [2.24, 2.45) is 0 Å². The summed E-state index contributed by atoms with van der Waals surface area (Å²) < 4.78 is 0. The number of aryl methyl sites for hydroxylation is 2. The van der Waals surface area contributed by atoms with Gasteiger partial charge in [0.05, 0.1) is 0 Å². The van der Waals surface area contributed by atoms with Gasteiger partial charge in [-0.25, -0.2) is 0 Å². The molecule has 0 amide bonds. The van der Waals surface area contributed by atoms with Crippen molar-refractivity contribution >= 4 is 16.5 Å². The molecule has 2 rings (SSSR count). The van der Waals surface area contributed by atoms with Gasteiger partial charge in [-0.3, -0.25) is 0 Å². The molecule has 1 nitrogen and oxygen atoms in total. The van der Waals surface area contributed by atoms with Gasteiger partial charge in [0.2, 0.25) is 0 Å². The number of benzene rings is 2. The Morgan fingerprint density at radius 2 is 1.85 bits per heavy atom. The lowest BCUT2D eigenvalue weighted by atomic mass is 10.0. The Hall–Kier alpha value is -1.50. The molecule has 0 saturated heterocycles. The predicted octanol–water partition coefficient (Wildman–Crippen LogP) is 3.04. The Balaban J connectivity index is 2.94. The van der Waals surface area contributed by atoms with Crippen LogP contribution in [0.3, 0.4) is 0 Å². The van der Waals surface area contributed by atoms with E-state index in [4.69, 9.17) is 5.73 Å². The molecular formula is C12H13N. The van der Waals surface area contributed by atoms with Gasteiger partial charge in [0.1, 0.15) is 0 Å². The van der Waals surface area contributed by atoms with E-state index in [0.717, 1.165) is 5.69 Å². The molecule has 2 N–H and O–H groups in total. The summed E-state index contributed by atoms with van der Waals surface area (Å²) in [6, 6.07) is 10.4. The molecule has 0 aliphatic heterocycles. The first-order valence-corrected chi connectivity index (χ1v) is 4.44. The monoisotopic (exact) mass is 171 g/mol. The van der Waals surface area contributed by atoms with Crippen LogP contribution in [0, 0.1) is 13.8 Å². The van der Waals surface area contributed by atoms with Gasteiger partial charge >= 0.3 is 0 Å². The van der Waals surface area contributed by atoms with Crippen molar-refractivity contribution in [3.63, 3.8) is 0 Å². The Morgan fingerprint density at radius 3 is 2.62 bits per heavy atom. The van der Waals surface area contributed by atoms with Crippen molar-refractivity contribution in [1.29, 1.82) is 0 Å². The fourth-order valence-corrected chi connectivity index (χ4v) is 1.87. The zero-order valence-electron chi connectivity index (χ0n) is 7.96. The highest BCUT2D eigenvalue weighted by Crippen LogP contribution is 2.25. The number of nitrogens with two attached hydrogens (primary N) is 1. The molecule has 0 bridgehead atoms. The van der Waals surface area contributed by atoms with Crippen LogP contribution in [0.25, 0.3) is 10.8 Å². The van der Waals surface area contributed by atoms with Crippen molar-refractivity contribution in [3.8, 4) is 0 Å². The van der Waals surface area contributed by atoms with Gasteiger partial charge in [-0.05, 0) is 30.9 Å². The molecule has 0 heterocycles. The molecule has 0 fully saturated rings. The highest BCUT2D eigenvalue weighted by atomic mass is 14.5. The van der Waals surface area contributed by atoms with Crippen LogP contribution in [-0.2, 0) is 0 Å². The Bertz CT molecular complexity index is 458. The largest absolute Gasteiger partial charge is 0.398 e. The summed E-state index contributed by atoms with van der Waals surface area (Å²) in [7, 11) is 0. The third kappa shape index (κ3) is 1.26. The molecule has 0 aromatic heterocycles. The van der Waals surface area contributed by atoms with Gasteiger partial charge in [0.15, 0.2) is 0 Å². The van der Waals surface area contributed by atoms with Crippen LogP contribution in [0.15, 0.2) is 30.3 Å². The summed E-state index contributed by atoms with van der Waals surface area (Å²) >= 11 is 0. The molecule has 1 heteroatoms. The van der Waals surface area contributed by atoms with Gasteiger partial charge in [-0.2, -0.15) is 0 Å². The van der Waals surface area contributed by atoms with Crippen LogP contribution >= 0.6 is 0 Å². The first kappa shape index (κ1) is 8.11. The van der Waals surface area contributed by atoms with Crippen LogP contribution in [0.2, 0.25) is 0 Å². The van der Waals surface area contributed by atoms with Crippen LogP contribution < -0.4 is 5.73 Å². The van der Waals surface area contributed by atoms with Crippen LogP contribution in [0.1, 0.15) is 11.1 Å². The zero-order valence-corrected chi connectivity index (χ0v) is 7.96. The average Bonchev–Trinajstić information content (AvgIpc) is 2.02. The molecule has 0 saturated carbocycles. The number of nitrogen functional groups attached to an aromatic ring is 1. The molecule has 2 aromatic rings. The molecule has 0 spiro atoms. The van der Waals surface area contributed by atoms with Crippen LogP contribution in [0.5, 0.6) is 0 Å². The molecule has 2 aromatic carbocycles. The maximum atomic E-state index is 5.91. The van der Waals surface area contributed by atoms with Gasteiger partial charge in [-0.15, -0.1) is 0 Å². The van der Waals surface area contributed by atoms with Crippen molar-refractivity contribution in [2.75, 3.05) is 5.73 Å². The topological polar surface area (TPSA) is 26.0 Å². The van der Waals surface area contributed by atoms with E-state index < -0.39 is 0 Å². The molecule has 0 aliphatic rings. The lowest BCUT2D eigenvalue weighted by Gasteiger charge is -2.06. The summed E-state index contributed by atoms with van der Waals surface area (Å²) in [6.07, 6.45) is 0. The molecular weight excluding hydrogens is 158 g/mol. The molecule has 0 unspecified atom stereocenters. The van der Waals surface area contributed by atoms with E-state index in [0.29, 0.717) is 0 Å². The zero-order chi connectivity index (χ0) is 9.42. The Labute approximate surface area is 78.2 Å². The van der Waals surface area contributed by atoms with Crippen molar-refractivity contribution in [2.45, 2.75) is 13.8 Å². The molecule has 0 aliphatic carbocycles. The first-order valence-electron chi connectivity index (χ1n) is 4.44. The Morgan fingerprint density at radius 1 is 1.08 bits per heavy atom.